The van der Waals surface area contributed by atoms with Gasteiger partial charge in [0.1, 0.15) is 0 Å². The summed E-state index contributed by atoms with van der Waals surface area (Å²) >= 11 is 0. The van der Waals surface area contributed by atoms with Gasteiger partial charge in [-0.05, 0) is 30.7 Å². The Labute approximate surface area is 108 Å². The van der Waals surface area contributed by atoms with Crippen LogP contribution in [0.3, 0.4) is 0 Å². The smallest absolute Gasteiger partial charge is 0.271 e. The molecule has 1 aromatic rings. The predicted molar refractivity (Wildman–Crippen MR) is 72.9 cm³/mol. The van der Waals surface area contributed by atoms with Crippen LogP contribution in [0.2, 0.25) is 0 Å². The summed E-state index contributed by atoms with van der Waals surface area (Å²) in [5, 5.41) is 14.3. The van der Waals surface area contributed by atoms with E-state index in [1.54, 1.807) is 12.1 Å². The summed E-state index contributed by atoms with van der Waals surface area (Å²) in [7, 11) is 0. The van der Waals surface area contributed by atoms with E-state index in [2.05, 4.69) is 19.2 Å². The van der Waals surface area contributed by atoms with Crippen LogP contribution in [0.1, 0.15) is 38.7 Å². The zero-order valence-electron chi connectivity index (χ0n) is 11.2. The fourth-order valence-electron chi connectivity index (χ4n) is 2.66. The zero-order valence-corrected chi connectivity index (χ0v) is 11.2. The zero-order chi connectivity index (χ0) is 13.3. The maximum absolute atomic E-state index is 10.8. The highest BCUT2D eigenvalue weighted by molar-refractivity contribution is 5.57. The number of anilines is 1. The number of nitrogens with one attached hydrogen (secondary N) is 1. The SMILES string of the molecule is Cc1ccc([N+](=O)[O-])cc1NC1CCCC1(C)C. The van der Waals surface area contributed by atoms with Crippen LogP contribution in [0.15, 0.2) is 18.2 Å². The van der Waals surface area contributed by atoms with Crippen molar-refractivity contribution in [3.05, 3.63) is 33.9 Å². The first-order chi connectivity index (χ1) is 8.40. The molecule has 0 radical (unpaired) electrons. The van der Waals surface area contributed by atoms with Gasteiger partial charge >= 0.3 is 0 Å². The van der Waals surface area contributed by atoms with Crippen LogP contribution < -0.4 is 5.32 Å². The number of nitro benzene ring substituents is 1. The molecule has 1 fully saturated rings. The molecule has 0 aliphatic heterocycles. The Bertz CT molecular complexity index is 469. The second-order valence-electron chi connectivity index (χ2n) is 5.83. The molecule has 1 saturated carbocycles. The van der Waals surface area contributed by atoms with E-state index < -0.39 is 0 Å². The largest absolute Gasteiger partial charge is 0.381 e. The van der Waals surface area contributed by atoms with Crippen molar-refractivity contribution < 1.29 is 4.92 Å². The number of hydrogen-bond acceptors (Lipinski definition) is 3. The minimum atomic E-state index is -0.343. The van der Waals surface area contributed by atoms with Gasteiger partial charge in [-0.25, -0.2) is 0 Å². The minimum Gasteiger partial charge on any atom is -0.381 e. The first-order valence-electron chi connectivity index (χ1n) is 6.42. The maximum Gasteiger partial charge on any atom is 0.271 e. The van der Waals surface area contributed by atoms with Crippen molar-refractivity contribution in [3.8, 4) is 0 Å². The van der Waals surface area contributed by atoms with Crippen LogP contribution in [0.25, 0.3) is 0 Å². The fraction of sp³-hybridized carbons (Fsp3) is 0.571. The van der Waals surface area contributed by atoms with E-state index >= 15 is 0 Å². The molecule has 1 aromatic carbocycles. The highest BCUT2D eigenvalue weighted by Gasteiger charge is 2.34. The van der Waals surface area contributed by atoms with Gasteiger partial charge in [0.15, 0.2) is 0 Å². The quantitative estimate of drug-likeness (QED) is 0.652. The van der Waals surface area contributed by atoms with Gasteiger partial charge in [0, 0.05) is 23.9 Å². The van der Waals surface area contributed by atoms with Crippen LogP contribution >= 0.6 is 0 Å². The summed E-state index contributed by atoms with van der Waals surface area (Å²) in [5.74, 6) is 0. The lowest BCUT2D eigenvalue weighted by molar-refractivity contribution is -0.384. The van der Waals surface area contributed by atoms with E-state index in [-0.39, 0.29) is 16.0 Å². The van der Waals surface area contributed by atoms with E-state index in [1.165, 1.54) is 12.8 Å². The minimum absolute atomic E-state index is 0.152. The lowest BCUT2D eigenvalue weighted by Gasteiger charge is -2.29. The summed E-state index contributed by atoms with van der Waals surface area (Å²) in [6.07, 6.45) is 3.56. The molecule has 4 nitrogen and oxygen atoms in total. The molecule has 0 spiro atoms. The van der Waals surface area contributed by atoms with Gasteiger partial charge in [0.25, 0.3) is 5.69 Å². The van der Waals surface area contributed by atoms with Crippen LogP contribution in [0.5, 0.6) is 0 Å². The van der Waals surface area contributed by atoms with Crippen molar-refractivity contribution in [1.29, 1.82) is 0 Å². The van der Waals surface area contributed by atoms with Gasteiger partial charge in [0.2, 0.25) is 0 Å². The average molecular weight is 248 g/mol. The molecular formula is C14H20N2O2. The Morgan fingerprint density at radius 2 is 2.17 bits per heavy atom. The molecule has 0 saturated heterocycles. The van der Waals surface area contributed by atoms with E-state index in [0.29, 0.717) is 6.04 Å². The van der Waals surface area contributed by atoms with Crippen molar-refractivity contribution in [2.24, 2.45) is 5.41 Å². The molecule has 0 heterocycles. The van der Waals surface area contributed by atoms with E-state index in [9.17, 15) is 10.1 Å². The van der Waals surface area contributed by atoms with Crippen LogP contribution in [-0.4, -0.2) is 11.0 Å². The molecule has 1 N–H and O–H groups in total. The number of nitro groups is 1. The van der Waals surface area contributed by atoms with Gasteiger partial charge in [0.05, 0.1) is 4.92 Å². The first kappa shape index (κ1) is 12.9. The summed E-state index contributed by atoms with van der Waals surface area (Å²) in [6.45, 7) is 6.49. The van der Waals surface area contributed by atoms with E-state index in [0.717, 1.165) is 17.7 Å². The normalized spacial score (nSPS) is 21.8. The second-order valence-corrected chi connectivity index (χ2v) is 5.83. The third-order valence-corrected chi connectivity index (χ3v) is 4.02. The Morgan fingerprint density at radius 1 is 1.44 bits per heavy atom. The lowest BCUT2D eigenvalue weighted by atomic mass is 9.87. The van der Waals surface area contributed by atoms with Crippen LogP contribution in [0.4, 0.5) is 11.4 Å². The second kappa shape index (κ2) is 4.59. The summed E-state index contributed by atoms with van der Waals surface area (Å²) in [4.78, 5) is 10.5. The predicted octanol–water partition coefficient (Wildman–Crippen LogP) is 3.89. The molecule has 1 unspecified atom stereocenters. The van der Waals surface area contributed by atoms with Crippen molar-refractivity contribution in [2.45, 2.75) is 46.1 Å². The monoisotopic (exact) mass is 248 g/mol. The summed E-state index contributed by atoms with van der Waals surface area (Å²) in [5.41, 5.74) is 2.36. The standard InChI is InChI=1S/C14H20N2O2/c1-10-6-7-11(16(17)18)9-12(10)15-13-5-4-8-14(13,2)3/h6-7,9,13,15H,4-5,8H2,1-3H3. The van der Waals surface area contributed by atoms with Gasteiger partial charge in [-0.3, -0.25) is 10.1 Å². The third kappa shape index (κ3) is 2.47. The molecule has 1 aliphatic carbocycles. The molecule has 98 valence electrons. The van der Waals surface area contributed by atoms with Crippen LogP contribution in [-0.2, 0) is 0 Å². The van der Waals surface area contributed by atoms with Gasteiger partial charge < -0.3 is 5.32 Å². The highest BCUT2D eigenvalue weighted by Crippen LogP contribution is 2.39. The molecule has 1 atom stereocenters. The van der Waals surface area contributed by atoms with Crippen molar-refractivity contribution in [3.63, 3.8) is 0 Å². The average Bonchev–Trinajstić information content (AvgIpc) is 2.61. The Hall–Kier alpha value is -1.58. The van der Waals surface area contributed by atoms with Gasteiger partial charge in [-0.1, -0.05) is 26.3 Å². The Kier molecular flexibility index (Phi) is 3.28. The van der Waals surface area contributed by atoms with Crippen molar-refractivity contribution >= 4 is 11.4 Å². The molecule has 4 heteroatoms. The number of aryl methyl sites for hydroxylation is 1. The van der Waals surface area contributed by atoms with Crippen LogP contribution in [0, 0.1) is 22.5 Å². The molecular weight excluding hydrogens is 228 g/mol. The molecule has 1 aliphatic rings. The molecule has 0 bridgehead atoms. The fourth-order valence-corrected chi connectivity index (χ4v) is 2.66. The Balaban J connectivity index is 2.23. The molecule has 0 aromatic heterocycles. The highest BCUT2D eigenvalue weighted by atomic mass is 16.6. The van der Waals surface area contributed by atoms with E-state index in [1.807, 2.05) is 13.0 Å². The number of rotatable bonds is 3. The number of nitrogens with zero attached hydrogens (tertiary/aromatic N) is 1. The first-order valence-corrected chi connectivity index (χ1v) is 6.42. The topological polar surface area (TPSA) is 55.2 Å². The molecule has 2 rings (SSSR count). The molecule has 0 amide bonds. The number of benzene rings is 1. The molecule has 18 heavy (non-hydrogen) atoms. The number of non-ortho nitro benzene ring substituents is 1. The van der Waals surface area contributed by atoms with Crippen molar-refractivity contribution in [1.82, 2.24) is 0 Å². The van der Waals surface area contributed by atoms with Crippen molar-refractivity contribution in [2.75, 3.05) is 5.32 Å². The Morgan fingerprint density at radius 3 is 2.72 bits per heavy atom. The summed E-state index contributed by atoms with van der Waals surface area (Å²) < 4.78 is 0. The van der Waals surface area contributed by atoms with E-state index in [4.69, 9.17) is 0 Å². The summed E-state index contributed by atoms with van der Waals surface area (Å²) in [6, 6.07) is 5.41. The van der Waals surface area contributed by atoms with Gasteiger partial charge in [-0.15, -0.1) is 0 Å². The third-order valence-electron chi connectivity index (χ3n) is 4.02. The lowest BCUT2D eigenvalue weighted by Crippen LogP contribution is -2.31. The number of hydrogen-bond donors (Lipinski definition) is 1. The maximum atomic E-state index is 10.8. The van der Waals surface area contributed by atoms with Gasteiger partial charge in [-0.2, -0.15) is 0 Å².